The molecule has 29 heavy (non-hydrogen) atoms. The SMILES string of the molecule is CC(C)=C/C=C/C(C)=CC[P+](c1ccccc1)(c1ccccc1)c1ccccc1. The lowest BCUT2D eigenvalue weighted by atomic mass is 10.2. The van der Waals surface area contributed by atoms with E-state index in [0.29, 0.717) is 0 Å². The van der Waals surface area contributed by atoms with E-state index < -0.39 is 7.26 Å². The van der Waals surface area contributed by atoms with Gasteiger partial charge in [0.2, 0.25) is 0 Å². The fraction of sp³-hybridized carbons (Fsp3) is 0.143. The average molecular weight is 398 g/mol. The summed E-state index contributed by atoms with van der Waals surface area (Å²) in [5.41, 5.74) is 2.61. The minimum Gasteiger partial charge on any atom is -0.0764 e. The Hall–Kier alpha value is -2.69. The first-order chi connectivity index (χ1) is 14.1. The van der Waals surface area contributed by atoms with Crippen molar-refractivity contribution in [3.63, 3.8) is 0 Å². The van der Waals surface area contributed by atoms with Crippen LogP contribution >= 0.6 is 7.26 Å². The summed E-state index contributed by atoms with van der Waals surface area (Å²) in [4.78, 5) is 0. The van der Waals surface area contributed by atoms with Crippen molar-refractivity contribution in [3.8, 4) is 0 Å². The zero-order valence-electron chi connectivity index (χ0n) is 17.6. The van der Waals surface area contributed by atoms with E-state index in [-0.39, 0.29) is 0 Å². The first kappa shape index (κ1) is 21.0. The standard InChI is InChI=1S/C28H30P/c1-24(2)14-13-15-25(3)22-23-29(26-16-7-4-8-17-26,27-18-9-5-10-19-27)28-20-11-6-12-21-28/h4-22H,23H2,1-3H3/q+1/b15-13+,25-22?. The van der Waals surface area contributed by atoms with Gasteiger partial charge in [-0.2, -0.15) is 0 Å². The van der Waals surface area contributed by atoms with Crippen molar-refractivity contribution >= 4 is 23.2 Å². The molecule has 0 unspecified atom stereocenters. The molecule has 0 radical (unpaired) electrons. The molecule has 1 heteroatoms. The van der Waals surface area contributed by atoms with Crippen LogP contribution in [-0.4, -0.2) is 6.16 Å². The number of hydrogen-bond acceptors (Lipinski definition) is 0. The van der Waals surface area contributed by atoms with Crippen LogP contribution in [0, 0.1) is 0 Å². The predicted molar refractivity (Wildman–Crippen MR) is 132 cm³/mol. The van der Waals surface area contributed by atoms with Gasteiger partial charge in [0.15, 0.2) is 0 Å². The fourth-order valence-electron chi connectivity index (χ4n) is 3.55. The topological polar surface area (TPSA) is 0 Å². The normalized spacial score (nSPS) is 12.2. The number of hydrogen-bond donors (Lipinski definition) is 0. The van der Waals surface area contributed by atoms with Gasteiger partial charge in [0.1, 0.15) is 23.2 Å². The highest BCUT2D eigenvalue weighted by Gasteiger charge is 2.44. The Kier molecular flexibility index (Phi) is 7.39. The number of rotatable bonds is 7. The lowest BCUT2D eigenvalue weighted by Crippen LogP contribution is -2.33. The maximum atomic E-state index is 2.41. The summed E-state index contributed by atoms with van der Waals surface area (Å²) in [6.45, 7) is 6.45. The monoisotopic (exact) mass is 397 g/mol. The molecule has 0 spiro atoms. The first-order valence-electron chi connectivity index (χ1n) is 10.2. The Bertz CT molecular complexity index is 880. The highest BCUT2D eigenvalue weighted by atomic mass is 31.2. The molecule has 0 atom stereocenters. The van der Waals surface area contributed by atoms with Crippen molar-refractivity contribution < 1.29 is 0 Å². The molecule has 0 bridgehead atoms. The molecule has 146 valence electrons. The zero-order valence-corrected chi connectivity index (χ0v) is 18.5. The second-order valence-electron chi connectivity index (χ2n) is 7.55. The smallest absolute Gasteiger partial charge is 0.0764 e. The molecule has 3 rings (SSSR count). The Balaban J connectivity index is 2.15. The number of benzene rings is 3. The number of allylic oxidation sites excluding steroid dienone is 6. The van der Waals surface area contributed by atoms with Crippen LogP contribution in [0.2, 0.25) is 0 Å². The Morgan fingerprint density at radius 3 is 1.45 bits per heavy atom. The quantitative estimate of drug-likeness (QED) is 0.317. The van der Waals surface area contributed by atoms with Crippen LogP contribution in [0.5, 0.6) is 0 Å². The first-order valence-corrected chi connectivity index (χ1v) is 12.1. The molecule has 0 fully saturated rings. The highest BCUT2D eigenvalue weighted by molar-refractivity contribution is 7.95. The maximum Gasteiger partial charge on any atom is 0.115 e. The molecule has 0 aliphatic carbocycles. The van der Waals surface area contributed by atoms with Crippen molar-refractivity contribution in [2.45, 2.75) is 20.8 Å². The Morgan fingerprint density at radius 1 is 0.655 bits per heavy atom. The van der Waals surface area contributed by atoms with Gasteiger partial charge in [-0.05, 0) is 63.2 Å². The van der Waals surface area contributed by atoms with Gasteiger partial charge in [-0.25, -0.2) is 0 Å². The Labute approximate surface area is 176 Å². The van der Waals surface area contributed by atoms with Crippen LogP contribution in [-0.2, 0) is 0 Å². The van der Waals surface area contributed by atoms with E-state index in [4.69, 9.17) is 0 Å². The van der Waals surface area contributed by atoms with Crippen LogP contribution in [0.15, 0.2) is 126 Å². The molecule has 0 heterocycles. The van der Waals surface area contributed by atoms with Crippen molar-refractivity contribution in [2.75, 3.05) is 6.16 Å². The van der Waals surface area contributed by atoms with E-state index in [1.165, 1.54) is 27.1 Å². The molecule has 0 aromatic heterocycles. The van der Waals surface area contributed by atoms with Crippen LogP contribution in [0.4, 0.5) is 0 Å². The third kappa shape index (κ3) is 5.22. The van der Waals surface area contributed by atoms with Crippen LogP contribution in [0.25, 0.3) is 0 Å². The van der Waals surface area contributed by atoms with Gasteiger partial charge in [-0.3, -0.25) is 0 Å². The lowest BCUT2D eigenvalue weighted by molar-refractivity contribution is 1.39. The molecule has 3 aromatic carbocycles. The van der Waals surface area contributed by atoms with Gasteiger partial charge in [0.05, 0.1) is 6.16 Å². The third-order valence-corrected chi connectivity index (χ3v) is 9.34. The molecule has 0 N–H and O–H groups in total. The highest BCUT2D eigenvalue weighted by Crippen LogP contribution is 2.55. The second-order valence-corrected chi connectivity index (χ2v) is 11.1. The summed E-state index contributed by atoms with van der Waals surface area (Å²) >= 11 is 0. The Morgan fingerprint density at radius 2 is 1.07 bits per heavy atom. The van der Waals surface area contributed by atoms with E-state index in [0.717, 1.165) is 6.16 Å². The summed E-state index contributed by atoms with van der Waals surface area (Å²) in [5, 5.41) is 4.28. The van der Waals surface area contributed by atoms with Gasteiger partial charge in [0, 0.05) is 0 Å². The third-order valence-electron chi connectivity index (χ3n) is 5.07. The molecular weight excluding hydrogens is 367 g/mol. The average Bonchev–Trinajstić information content (AvgIpc) is 2.76. The van der Waals surface area contributed by atoms with E-state index in [9.17, 15) is 0 Å². The summed E-state index contributed by atoms with van der Waals surface area (Å²) in [6.07, 6.45) is 9.94. The summed E-state index contributed by atoms with van der Waals surface area (Å²) in [6, 6.07) is 33.1. The second kappa shape index (κ2) is 10.2. The van der Waals surface area contributed by atoms with E-state index >= 15 is 0 Å². The van der Waals surface area contributed by atoms with E-state index in [1.807, 2.05) is 0 Å². The van der Waals surface area contributed by atoms with Gasteiger partial charge < -0.3 is 0 Å². The van der Waals surface area contributed by atoms with Crippen molar-refractivity contribution in [2.24, 2.45) is 0 Å². The summed E-state index contributed by atoms with van der Waals surface area (Å²) < 4.78 is 0. The predicted octanol–water partition coefficient (Wildman–Crippen LogP) is 6.45. The van der Waals surface area contributed by atoms with E-state index in [1.54, 1.807) is 0 Å². The molecule has 0 nitrogen and oxygen atoms in total. The van der Waals surface area contributed by atoms with Crippen LogP contribution < -0.4 is 15.9 Å². The minimum absolute atomic E-state index is 1.01. The largest absolute Gasteiger partial charge is 0.115 e. The molecule has 0 saturated carbocycles. The summed E-state index contributed by atoms with van der Waals surface area (Å²) in [5.74, 6) is 0. The zero-order chi connectivity index (χ0) is 20.5. The van der Waals surface area contributed by atoms with Gasteiger partial charge in [-0.15, -0.1) is 0 Å². The summed E-state index contributed by atoms with van der Waals surface area (Å²) in [7, 11) is -1.78. The van der Waals surface area contributed by atoms with Gasteiger partial charge in [0.25, 0.3) is 0 Å². The van der Waals surface area contributed by atoms with Crippen molar-refractivity contribution in [3.05, 3.63) is 126 Å². The fourth-order valence-corrected chi connectivity index (χ4v) is 7.68. The molecule has 3 aromatic rings. The maximum absolute atomic E-state index is 2.41. The lowest BCUT2D eigenvalue weighted by Gasteiger charge is -2.26. The van der Waals surface area contributed by atoms with Crippen molar-refractivity contribution in [1.82, 2.24) is 0 Å². The van der Waals surface area contributed by atoms with Crippen LogP contribution in [0.1, 0.15) is 20.8 Å². The van der Waals surface area contributed by atoms with Crippen molar-refractivity contribution in [1.29, 1.82) is 0 Å². The van der Waals surface area contributed by atoms with E-state index in [2.05, 4.69) is 136 Å². The molecule has 0 amide bonds. The molecule has 0 aliphatic heterocycles. The minimum atomic E-state index is -1.78. The molecule has 0 saturated heterocycles. The molecule has 0 aliphatic rings. The van der Waals surface area contributed by atoms with Gasteiger partial charge >= 0.3 is 0 Å². The van der Waals surface area contributed by atoms with Gasteiger partial charge in [-0.1, -0.05) is 84.0 Å². The van der Waals surface area contributed by atoms with Crippen LogP contribution in [0.3, 0.4) is 0 Å². The molecular formula is C28H30P+.